The maximum atomic E-state index is 5.31. The third-order valence-corrected chi connectivity index (χ3v) is 3.41. The van der Waals surface area contributed by atoms with Crippen molar-refractivity contribution in [1.82, 2.24) is 10.2 Å². The summed E-state index contributed by atoms with van der Waals surface area (Å²) in [7, 11) is 3.48. The molecule has 1 rings (SSSR count). The maximum absolute atomic E-state index is 5.31. The highest BCUT2D eigenvalue weighted by Gasteiger charge is 2.19. The molecule has 1 N–H and O–H groups in total. The third-order valence-electron chi connectivity index (χ3n) is 3.41. The standard InChI is InChI=1S/C15H28N2O3/c1-13(10-16-11-15-6-5-8-20-15)17(7-9-18-3)14(2)12-19-4/h5-6,8,13-14,16H,7,9-12H2,1-4H3. The van der Waals surface area contributed by atoms with Gasteiger partial charge in [0.25, 0.3) is 0 Å². The summed E-state index contributed by atoms with van der Waals surface area (Å²) in [5.74, 6) is 0.964. The lowest BCUT2D eigenvalue weighted by molar-refractivity contribution is 0.0515. The van der Waals surface area contributed by atoms with E-state index in [1.54, 1.807) is 20.5 Å². The Morgan fingerprint density at radius 1 is 1.25 bits per heavy atom. The monoisotopic (exact) mass is 284 g/mol. The highest BCUT2D eigenvalue weighted by atomic mass is 16.5. The fourth-order valence-electron chi connectivity index (χ4n) is 2.34. The second kappa shape index (κ2) is 9.94. The molecule has 2 atom stereocenters. The third kappa shape index (κ3) is 6.05. The first kappa shape index (κ1) is 17.2. The van der Waals surface area contributed by atoms with Crippen LogP contribution in [0.3, 0.4) is 0 Å². The van der Waals surface area contributed by atoms with Crippen LogP contribution in [0.4, 0.5) is 0 Å². The first-order valence-electron chi connectivity index (χ1n) is 7.15. The van der Waals surface area contributed by atoms with E-state index in [2.05, 4.69) is 24.1 Å². The molecule has 1 heterocycles. The number of ether oxygens (including phenoxy) is 2. The van der Waals surface area contributed by atoms with Crippen LogP contribution in [0.2, 0.25) is 0 Å². The highest BCUT2D eigenvalue weighted by molar-refractivity contribution is 4.97. The molecule has 0 radical (unpaired) electrons. The van der Waals surface area contributed by atoms with Crippen LogP contribution in [0, 0.1) is 0 Å². The Kier molecular flexibility index (Phi) is 8.53. The Morgan fingerprint density at radius 2 is 2.05 bits per heavy atom. The van der Waals surface area contributed by atoms with Gasteiger partial charge < -0.3 is 19.2 Å². The lowest BCUT2D eigenvalue weighted by Gasteiger charge is -2.34. The molecule has 0 saturated heterocycles. The molecule has 0 saturated carbocycles. The Morgan fingerprint density at radius 3 is 2.65 bits per heavy atom. The van der Waals surface area contributed by atoms with Crippen LogP contribution in [0.1, 0.15) is 19.6 Å². The van der Waals surface area contributed by atoms with Crippen LogP contribution in [0.15, 0.2) is 22.8 Å². The van der Waals surface area contributed by atoms with Crippen molar-refractivity contribution < 1.29 is 13.9 Å². The van der Waals surface area contributed by atoms with Gasteiger partial charge in [-0.1, -0.05) is 0 Å². The summed E-state index contributed by atoms with van der Waals surface area (Å²) in [4.78, 5) is 2.40. The zero-order valence-electron chi connectivity index (χ0n) is 13.1. The van der Waals surface area contributed by atoms with E-state index < -0.39 is 0 Å². The molecule has 1 aromatic rings. The van der Waals surface area contributed by atoms with Crippen LogP contribution in [-0.4, -0.2) is 57.5 Å². The van der Waals surface area contributed by atoms with Crippen LogP contribution in [0.5, 0.6) is 0 Å². The molecule has 20 heavy (non-hydrogen) atoms. The number of nitrogens with one attached hydrogen (secondary N) is 1. The Balaban J connectivity index is 2.38. The van der Waals surface area contributed by atoms with Crippen LogP contribution < -0.4 is 5.32 Å². The van der Waals surface area contributed by atoms with Gasteiger partial charge in [-0.15, -0.1) is 0 Å². The fourth-order valence-corrected chi connectivity index (χ4v) is 2.34. The van der Waals surface area contributed by atoms with Gasteiger partial charge in [-0.25, -0.2) is 0 Å². The van der Waals surface area contributed by atoms with Crippen molar-refractivity contribution in [1.29, 1.82) is 0 Å². The van der Waals surface area contributed by atoms with E-state index in [9.17, 15) is 0 Å². The fraction of sp³-hybridized carbons (Fsp3) is 0.733. The summed E-state index contributed by atoms with van der Waals surface area (Å²) in [6.07, 6.45) is 1.70. The lowest BCUT2D eigenvalue weighted by Crippen LogP contribution is -2.48. The van der Waals surface area contributed by atoms with Crippen LogP contribution in [-0.2, 0) is 16.0 Å². The topological polar surface area (TPSA) is 46.9 Å². The first-order chi connectivity index (χ1) is 9.69. The summed E-state index contributed by atoms with van der Waals surface area (Å²) >= 11 is 0. The summed E-state index contributed by atoms with van der Waals surface area (Å²) in [5, 5.41) is 3.42. The molecule has 5 nitrogen and oxygen atoms in total. The van der Waals surface area contributed by atoms with Gasteiger partial charge in [-0.05, 0) is 26.0 Å². The Hall–Kier alpha value is -0.880. The van der Waals surface area contributed by atoms with Crippen molar-refractivity contribution in [3.8, 4) is 0 Å². The number of furan rings is 1. The van der Waals surface area contributed by atoms with Crippen molar-refractivity contribution >= 4 is 0 Å². The molecule has 0 fully saturated rings. The molecular weight excluding hydrogens is 256 g/mol. The van der Waals surface area contributed by atoms with Gasteiger partial charge in [0.05, 0.1) is 26.0 Å². The van der Waals surface area contributed by atoms with Gasteiger partial charge in [-0.3, -0.25) is 4.90 Å². The van der Waals surface area contributed by atoms with E-state index >= 15 is 0 Å². The van der Waals surface area contributed by atoms with E-state index in [1.165, 1.54) is 0 Å². The molecule has 5 heteroatoms. The average molecular weight is 284 g/mol. The second-order valence-electron chi connectivity index (χ2n) is 5.09. The van der Waals surface area contributed by atoms with Crippen molar-refractivity contribution in [2.75, 3.05) is 40.5 Å². The molecule has 0 aliphatic carbocycles. The lowest BCUT2D eigenvalue weighted by atomic mass is 10.2. The molecular formula is C15H28N2O3. The molecule has 0 amide bonds. The zero-order valence-corrected chi connectivity index (χ0v) is 13.1. The molecule has 0 aliphatic heterocycles. The Labute approximate surface area is 122 Å². The predicted octanol–water partition coefficient (Wildman–Crippen LogP) is 1.74. The second-order valence-corrected chi connectivity index (χ2v) is 5.09. The van der Waals surface area contributed by atoms with E-state index in [0.717, 1.165) is 38.6 Å². The van der Waals surface area contributed by atoms with E-state index in [4.69, 9.17) is 13.9 Å². The van der Waals surface area contributed by atoms with Gasteiger partial charge in [0.15, 0.2) is 0 Å². The maximum Gasteiger partial charge on any atom is 0.117 e. The number of hydrogen-bond donors (Lipinski definition) is 1. The van der Waals surface area contributed by atoms with E-state index in [1.807, 2.05) is 12.1 Å². The normalized spacial score (nSPS) is 14.7. The predicted molar refractivity (Wildman–Crippen MR) is 79.8 cm³/mol. The first-order valence-corrected chi connectivity index (χ1v) is 7.15. The molecule has 0 spiro atoms. The zero-order chi connectivity index (χ0) is 14.8. The van der Waals surface area contributed by atoms with E-state index in [0.29, 0.717) is 12.1 Å². The minimum Gasteiger partial charge on any atom is -0.468 e. The molecule has 0 aromatic carbocycles. The number of hydrogen-bond acceptors (Lipinski definition) is 5. The van der Waals surface area contributed by atoms with Gasteiger partial charge >= 0.3 is 0 Å². The largest absolute Gasteiger partial charge is 0.468 e. The SMILES string of the molecule is COCCN(C(C)CNCc1ccco1)C(C)COC. The molecule has 2 unspecified atom stereocenters. The minimum atomic E-state index is 0.371. The van der Waals surface area contributed by atoms with Crippen molar-refractivity contribution in [3.63, 3.8) is 0 Å². The van der Waals surface area contributed by atoms with Crippen molar-refractivity contribution in [2.24, 2.45) is 0 Å². The van der Waals surface area contributed by atoms with Gasteiger partial charge in [0.2, 0.25) is 0 Å². The van der Waals surface area contributed by atoms with Gasteiger partial charge in [0.1, 0.15) is 5.76 Å². The number of rotatable bonds is 11. The Bertz CT molecular complexity index is 330. The van der Waals surface area contributed by atoms with Gasteiger partial charge in [0, 0.05) is 39.4 Å². The van der Waals surface area contributed by atoms with Crippen LogP contribution >= 0.6 is 0 Å². The minimum absolute atomic E-state index is 0.371. The van der Waals surface area contributed by atoms with E-state index in [-0.39, 0.29) is 0 Å². The quantitative estimate of drug-likeness (QED) is 0.671. The summed E-state index contributed by atoms with van der Waals surface area (Å²) < 4.78 is 15.8. The smallest absolute Gasteiger partial charge is 0.117 e. The molecule has 1 aromatic heterocycles. The van der Waals surface area contributed by atoms with Crippen molar-refractivity contribution in [3.05, 3.63) is 24.2 Å². The molecule has 0 bridgehead atoms. The average Bonchev–Trinajstić information content (AvgIpc) is 2.92. The summed E-state index contributed by atoms with van der Waals surface area (Å²) in [6, 6.07) is 4.67. The van der Waals surface area contributed by atoms with Crippen molar-refractivity contribution in [2.45, 2.75) is 32.5 Å². The highest BCUT2D eigenvalue weighted by Crippen LogP contribution is 2.06. The number of nitrogens with zero attached hydrogens (tertiary/aromatic N) is 1. The molecule has 116 valence electrons. The molecule has 0 aliphatic rings. The number of methoxy groups -OCH3 is 2. The van der Waals surface area contributed by atoms with Gasteiger partial charge in [-0.2, -0.15) is 0 Å². The van der Waals surface area contributed by atoms with Crippen LogP contribution in [0.25, 0.3) is 0 Å². The summed E-state index contributed by atoms with van der Waals surface area (Å²) in [5.41, 5.74) is 0. The summed E-state index contributed by atoms with van der Waals surface area (Å²) in [6.45, 7) is 8.43.